The summed E-state index contributed by atoms with van der Waals surface area (Å²) in [4.78, 5) is 11.7. The fourth-order valence-corrected chi connectivity index (χ4v) is 2.28. The molecular weight excluding hydrogens is 216 g/mol. The second-order valence-electron chi connectivity index (χ2n) is 4.85. The van der Waals surface area contributed by atoms with Crippen LogP contribution in [-0.4, -0.2) is 28.8 Å². The highest BCUT2D eigenvalue weighted by Crippen LogP contribution is 2.42. The van der Waals surface area contributed by atoms with E-state index in [1.165, 1.54) is 6.42 Å². The number of carbonyl (C=O) groups is 1. The summed E-state index contributed by atoms with van der Waals surface area (Å²) in [7, 11) is 0. The predicted molar refractivity (Wildman–Crippen MR) is 65.2 cm³/mol. The monoisotopic (exact) mass is 236 g/mol. The zero-order chi connectivity index (χ0) is 12.1. The lowest BCUT2D eigenvalue weighted by Gasteiger charge is -2.40. The van der Waals surface area contributed by atoms with Gasteiger partial charge in [0.2, 0.25) is 5.91 Å². The van der Waals surface area contributed by atoms with Crippen LogP contribution in [0.1, 0.15) is 25.7 Å². The van der Waals surface area contributed by atoms with E-state index in [9.17, 15) is 4.79 Å². The summed E-state index contributed by atoms with van der Waals surface area (Å²) in [6.45, 7) is 1.97. The summed E-state index contributed by atoms with van der Waals surface area (Å²) in [6.07, 6.45) is 7.59. The van der Waals surface area contributed by atoms with Crippen molar-refractivity contribution in [2.45, 2.75) is 32.2 Å². The zero-order valence-electron chi connectivity index (χ0n) is 10.1. The van der Waals surface area contributed by atoms with Gasteiger partial charge in [-0.1, -0.05) is 6.42 Å². The van der Waals surface area contributed by atoms with E-state index in [0.717, 1.165) is 12.8 Å². The van der Waals surface area contributed by atoms with Crippen molar-refractivity contribution >= 4 is 5.91 Å². The molecule has 0 radical (unpaired) electrons. The number of carbonyl (C=O) groups excluding carboxylic acids is 1. The van der Waals surface area contributed by atoms with Crippen LogP contribution in [0.4, 0.5) is 0 Å². The summed E-state index contributed by atoms with van der Waals surface area (Å²) in [5.74, 6) is 0.113. The van der Waals surface area contributed by atoms with E-state index in [1.807, 2.05) is 16.9 Å². The Morgan fingerprint density at radius 3 is 2.88 bits per heavy atom. The number of aromatic nitrogens is 2. The Labute approximate surface area is 101 Å². The highest BCUT2D eigenvalue weighted by molar-refractivity contribution is 5.76. The SMILES string of the molecule is NCC1(CC(=O)NCCn2cccn2)CCC1. The topological polar surface area (TPSA) is 72.9 Å². The normalized spacial score (nSPS) is 17.5. The first-order chi connectivity index (χ1) is 8.24. The molecule has 3 N–H and O–H groups in total. The minimum absolute atomic E-state index is 0.0930. The summed E-state index contributed by atoms with van der Waals surface area (Å²) in [5.41, 5.74) is 5.82. The molecular formula is C12H20N4O. The molecule has 2 rings (SSSR count). The molecule has 1 aliphatic carbocycles. The lowest BCUT2D eigenvalue weighted by Crippen LogP contribution is -2.42. The van der Waals surface area contributed by atoms with Crippen molar-refractivity contribution in [2.24, 2.45) is 11.1 Å². The van der Waals surface area contributed by atoms with Crippen molar-refractivity contribution in [3.05, 3.63) is 18.5 Å². The van der Waals surface area contributed by atoms with Crippen molar-refractivity contribution < 1.29 is 4.79 Å². The third-order valence-electron chi connectivity index (χ3n) is 3.61. The van der Waals surface area contributed by atoms with Crippen LogP contribution in [0.25, 0.3) is 0 Å². The lowest BCUT2D eigenvalue weighted by atomic mass is 9.66. The molecule has 1 aromatic heterocycles. The quantitative estimate of drug-likeness (QED) is 0.756. The second-order valence-corrected chi connectivity index (χ2v) is 4.85. The van der Waals surface area contributed by atoms with Gasteiger partial charge in [-0.15, -0.1) is 0 Å². The molecule has 0 aromatic carbocycles. The molecule has 94 valence electrons. The van der Waals surface area contributed by atoms with Crippen LogP contribution in [-0.2, 0) is 11.3 Å². The molecule has 1 amide bonds. The average molecular weight is 236 g/mol. The molecule has 17 heavy (non-hydrogen) atoms. The molecule has 0 unspecified atom stereocenters. The molecule has 0 bridgehead atoms. The Bertz CT molecular complexity index is 351. The smallest absolute Gasteiger partial charge is 0.220 e. The summed E-state index contributed by atoms with van der Waals surface area (Å²) < 4.78 is 1.81. The minimum Gasteiger partial charge on any atom is -0.354 e. The zero-order valence-corrected chi connectivity index (χ0v) is 10.1. The average Bonchev–Trinajstić information content (AvgIpc) is 2.76. The Kier molecular flexibility index (Phi) is 3.78. The van der Waals surface area contributed by atoms with E-state index in [0.29, 0.717) is 26.1 Å². The maximum absolute atomic E-state index is 11.7. The van der Waals surface area contributed by atoms with Crippen molar-refractivity contribution in [3.8, 4) is 0 Å². The van der Waals surface area contributed by atoms with Gasteiger partial charge in [0.25, 0.3) is 0 Å². The van der Waals surface area contributed by atoms with Gasteiger partial charge in [0.05, 0.1) is 6.54 Å². The Balaban J connectivity index is 1.67. The molecule has 5 heteroatoms. The highest BCUT2D eigenvalue weighted by atomic mass is 16.1. The first kappa shape index (κ1) is 12.1. The maximum atomic E-state index is 11.7. The van der Waals surface area contributed by atoms with Gasteiger partial charge in [0.15, 0.2) is 0 Å². The predicted octanol–water partition coefficient (Wildman–Crippen LogP) is 0.518. The van der Waals surface area contributed by atoms with Crippen molar-refractivity contribution in [1.82, 2.24) is 15.1 Å². The van der Waals surface area contributed by atoms with Gasteiger partial charge in [-0.25, -0.2) is 0 Å². The number of nitrogens with zero attached hydrogens (tertiary/aromatic N) is 2. The Hall–Kier alpha value is -1.36. The van der Waals surface area contributed by atoms with Gasteiger partial charge in [-0.2, -0.15) is 5.10 Å². The number of rotatable bonds is 6. The third kappa shape index (κ3) is 3.06. The maximum Gasteiger partial charge on any atom is 0.220 e. The van der Waals surface area contributed by atoms with Crippen LogP contribution >= 0.6 is 0 Å². The van der Waals surface area contributed by atoms with Crippen LogP contribution in [0.5, 0.6) is 0 Å². The molecule has 0 aliphatic heterocycles. The van der Waals surface area contributed by atoms with Gasteiger partial charge in [-0.3, -0.25) is 9.48 Å². The van der Waals surface area contributed by atoms with Gasteiger partial charge in [0.1, 0.15) is 0 Å². The number of nitrogens with one attached hydrogen (secondary N) is 1. The number of amides is 1. The van der Waals surface area contributed by atoms with Crippen LogP contribution in [0.15, 0.2) is 18.5 Å². The largest absolute Gasteiger partial charge is 0.354 e. The standard InChI is InChI=1S/C12H20N4O/c13-10-12(3-1-4-12)9-11(17)14-6-8-16-7-2-5-15-16/h2,5,7H,1,3-4,6,8-10,13H2,(H,14,17). The van der Waals surface area contributed by atoms with Crippen molar-refractivity contribution in [3.63, 3.8) is 0 Å². The fourth-order valence-electron chi connectivity index (χ4n) is 2.28. The van der Waals surface area contributed by atoms with Crippen LogP contribution in [0.2, 0.25) is 0 Å². The van der Waals surface area contributed by atoms with Gasteiger partial charge >= 0.3 is 0 Å². The molecule has 5 nitrogen and oxygen atoms in total. The lowest BCUT2D eigenvalue weighted by molar-refractivity contribution is -0.124. The molecule has 1 aromatic rings. The number of hydrogen-bond acceptors (Lipinski definition) is 3. The fraction of sp³-hybridized carbons (Fsp3) is 0.667. The first-order valence-electron chi connectivity index (χ1n) is 6.18. The van der Waals surface area contributed by atoms with E-state index in [1.54, 1.807) is 6.20 Å². The van der Waals surface area contributed by atoms with E-state index < -0.39 is 0 Å². The minimum atomic E-state index is 0.0930. The van der Waals surface area contributed by atoms with Crippen LogP contribution in [0.3, 0.4) is 0 Å². The highest BCUT2D eigenvalue weighted by Gasteiger charge is 2.37. The summed E-state index contributed by atoms with van der Waals surface area (Å²) >= 11 is 0. The van der Waals surface area contributed by atoms with E-state index in [2.05, 4.69) is 10.4 Å². The van der Waals surface area contributed by atoms with Gasteiger partial charge < -0.3 is 11.1 Å². The number of hydrogen-bond donors (Lipinski definition) is 2. The van der Waals surface area contributed by atoms with E-state index in [-0.39, 0.29) is 11.3 Å². The summed E-state index contributed by atoms with van der Waals surface area (Å²) in [6, 6.07) is 1.87. The first-order valence-corrected chi connectivity index (χ1v) is 6.18. The van der Waals surface area contributed by atoms with Crippen molar-refractivity contribution in [1.29, 1.82) is 0 Å². The molecule has 1 saturated carbocycles. The molecule has 0 saturated heterocycles. The Morgan fingerprint density at radius 1 is 1.53 bits per heavy atom. The molecule has 0 atom stereocenters. The van der Waals surface area contributed by atoms with Crippen LogP contribution in [0, 0.1) is 5.41 Å². The molecule has 0 spiro atoms. The van der Waals surface area contributed by atoms with Gasteiger partial charge in [-0.05, 0) is 30.9 Å². The summed E-state index contributed by atoms with van der Waals surface area (Å²) in [5, 5.41) is 7.00. The number of nitrogens with two attached hydrogens (primary N) is 1. The van der Waals surface area contributed by atoms with E-state index >= 15 is 0 Å². The van der Waals surface area contributed by atoms with E-state index in [4.69, 9.17) is 5.73 Å². The van der Waals surface area contributed by atoms with Crippen molar-refractivity contribution in [2.75, 3.05) is 13.1 Å². The van der Waals surface area contributed by atoms with Crippen LogP contribution < -0.4 is 11.1 Å². The van der Waals surface area contributed by atoms with Gasteiger partial charge in [0, 0.05) is 25.4 Å². The molecule has 1 heterocycles. The second kappa shape index (κ2) is 5.31. The third-order valence-corrected chi connectivity index (χ3v) is 3.61. The molecule has 1 fully saturated rings. The molecule has 1 aliphatic rings. The Morgan fingerprint density at radius 2 is 2.35 bits per heavy atom.